The Morgan fingerprint density at radius 3 is 2.68 bits per heavy atom. The molecule has 8 heteroatoms. The van der Waals surface area contributed by atoms with E-state index in [2.05, 4.69) is 10.2 Å². The van der Waals surface area contributed by atoms with Crippen LogP contribution < -0.4 is 10.1 Å². The number of nitrogens with zero attached hydrogens (tertiary/aromatic N) is 1. The van der Waals surface area contributed by atoms with Crippen LogP contribution in [0.2, 0.25) is 0 Å². The molecule has 28 heavy (non-hydrogen) atoms. The largest absolute Gasteiger partial charge is 0.496 e. The average molecular weight is 402 g/mol. The first-order valence-corrected chi connectivity index (χ1v) is 9.76. The highest BCUT2D eigenvalue weighted by atomic mass is 19.4. The molecule has 0 radical (unpaired) electrons. The molecule has 1 N–H and O–H groups in total. The number of halogens is 3. The number of methoxy groups -OCH3 is 1. The molecule has 0 aromatic heterocycles. The topological polar surface area (TPSA) is 50.8 Å². The van der Waals surface area contributed by atoms with E-state index in [9.17, 15) is 18.0 Å². The van der Waals surface area contributed by atoms with Gasteiger partial charge in [-0.2, -0.15) is 13.2 Å². The zero-order chi connectivity index (χ0) is 20.3. The molecule has 1 aromatic carbocycles. The third-order valence-electron chi connectivity index (χ3n) is 5.59. The van der Waals surface area contributed by atoms with Gasteiger partial charge in [-0.05, 0) is 56.5 Å². The zero-order valence-electron chi connectivity index (χ0n) is 16.3. The number of benzene rings is 1. The summed E-state index contributed by atoms with van der Waals surface area (Å²) in [6, 6.07) is 1.91. The Morgan fingerprint density at radius 1 is 1.36 bits per heavy atom. The SMILES string of the molecule is CCc1cc(C(F)(F)F)cc(OC)c1C(=O)N[C@@H]1COCC[C@H]1N1CCCC1.[HH]. The third-order valence-corrected chi connectivity index (χ3v) is 5.59. The first kappa shape index (κ1) is 20.9. The second-order valence-electron chi connectivity index (χ2n) is 7.32. The van der Waals surface area contributed by atoms with Crippen LogP contribution in [0.5, 0.6) is 5.75 Å². The fraction of sp³-hybridized carbons (Fsp3) is 0.650. The van der Waals surface area contributed by atoms with Gasteiger partial charge >= 0.3 is 6.18 Å². The molecule has 2 aliphatic rings. The van der Waals surface area contributed by atoms with E-state index in [0.29, 0.717) is 25.2 Å². The van der Waals surface area contributed by atoms with Crippen LogP contribution in [0.4, 0.5) is 13.2 Å². The lowest BCUT2D eigenvalue weighted by Crippen LogP contribution is -2.56. The highest BCUT2D eigenvalue weighted by Crippen LogP contribution is 2.35. The maximum absolute atomic E-state index is 13.2. The van der Waals surface area contributed by atoms with Crippen LogP contribution in [0.3, 0.4) is 0 Å². The van der Waals surface area contributed by atoms with E-state index in [4.69, 9.17) is 9.47 Å². The number of rotatable bonds is 5. The van der Waals surface area contributed by atoms with Crippen molar-refractivity contribution in [3.05, 3.63) is 28.8 Å². The molecule has 158 valence electrons. The lowest BCUT2D eigenvalue weighted by molar-refractivity contribution is -0.137. The van der Waals surface area contributed by atoms with Gasteiger partial charge in [0.05, 0.1) is 30.9 Å². The molecule has 2 aliphatic heterocycles. The number of ether oxygens (including phenoxy) is 2. The minimum absolute atomic E-state index is 0. The second kappa shape index (κ2) is 8.69. The van der Waals surface area contributed by atoms with E-state index in [-0.39, 0.29) is 24.8 Å². The Morgan fingerprint density at radius 2 is 2.07 bits per heavy atom. The highest BCUT2D eigenvalue weighted by molar-refractivity contribution is 5.99. The Kier molecular flexibility index (Phi) is 6.50. The molecule has 3 rings (SSSR count). The lowest BCUT2D eigenvalue weighted by Gasteiger charge is -2.38. The molecule has 0 saturated carbocycles. The molecule has 2 fully saturated rings. The van der Waals surface area contributed by atoms with Crippen molar-refractivity contribution in [1.29, 1.82) is 0 Å². The van der Waals surface area contributed by atoms with Crippen LogP contribution >= 0.6 is 0 Å². The summed E-state index contributed by atoms with van der Waals surface area (Å²) in [4.78, 5) is 15.4. The number of aryl methyl sites for hydroxylation is 1. The number of amides is 1. The van der Waals surface area contributed by atoms with Crippen molar-refractivity contribution in [2.24, 2.45) is 0 Å². The average Bonchev–Trinajstić information content (AvgIpc) is 3.21. The number of alkyl halides is 3. The summed E-state index contributed by atoms with van der Waals surface area (Å²) in [7, 11) is 1.28. The van der Waals surface area contributed by atoms with E-state index in [1.807, 2.05) is 0 Å². The van der Waals surface area contributed by atoms with Crippen LogP contribution in [-0.2, 0) is 17.3 Å². The molecule has 0 bridgehead atoms. The van der Waals surface area contributed by atoms with E-state index in [0.717, 1.165) is 44.5 Å². The van der Waals surface area contributed by atoms with Gasteiger partial charge in [-0.3, -0.25) is 9.69 Å². The minimum Gasteiger partial charge on any atom is -0.496 e. The van der Waals surface area contributed by atoms with Crippen molar-refractivity contribution in [2.45, 2.75) is 50.9 Å². The van der Waals surface area contributed by atoms with Gasteiger partial charge < -0.3 is 14.8 Å². The predicted molar refractivity (Wildman–Crippen MR) is 101 cm³/mol. The van der Waals surface area contributed by atoms with Crippen molar-refractivity contribution in [1.82, 2.24) is 10.2 Å². The summed E-state index contributed by atoms with van der Waals surface area (Å²) in [6.07, 6.45) is -1.09. The standard InChI is InChI=1S/C20H27F3N2O3.H2/c1-3-13-10-14(20(21,22)23)11-17(27-2)18(13)19(26)24-15-12-28-9-6-16(15)25-7-4-5-8-25;/h10-11,15-16H,3-9,12H2,1-2H3,(H,24,26);1H/t15-,16-;/m1./s1. The third kappa shape index (κ3) is 4.43. The van der Waals surface area contributed by atoms with Crippen molar-refractivity contribution in [3.63, 3.8) is 0 Å². The maximum Gasteiger partial charge on any atom is 0.416 e. The Bertz CT molecular complexity index is 684. The molecule has 1 aromatic rings. The van der Waals surface area contributed by atoms with Gasteiger partial charge in [0, 0.05) is 14.1 Å². The van der Waals surface area contributed by atoms with Crippen LogP contribution in [-0.4, -0.2) is 56.3 Å². The van der Waals surface area contributed by atoms with Crippen LogP contribution in [0.25, 0.3) is 0 Å². The normalized spacial score (nSPS) is 23.6. The number of carbonyl (C=O) groups excluding carboxylic acids is 1. The van der Waals surface area contributed by atoms with E-state index >= 15 is 0 Å². The monoisotopic (exact) mass is 402 g/mol. The summed E-state index contributed by atoms with van der Waals surface area (Å²) < 4.78 is 50.2. The summed E-state index contributed by atoms with van der Waals surface area (Å²) in [6.45, 7) is 4.78. The zero-order valence-corrected chi connectivity index (χ0v) is 16.3. The molecular formula is C20H29F3N2O3. The Balaban J connectivity index is 0.00000300. The molecule has 1 amide bonds. The quantitative estimate of drug-likeness (QED) is 0.819. The highest BCUT2D eigenvalue weighted by Gasteiger charge is 2.36. The smallest absolute Gasteiger partial charge is 0.416 e. The minimum atomic E-state index is -4.50. The molecule has 0 aliphatic carbocycles. The number of hydrogen-bond donors (Lipinski definition) is 1. The first-order valence-electron chi connectivity index (χ1n) is 9.76. The van der Waals surface area contributed by atoms with Gasteiger partial charge in [-0.15, -0.1) is 0 Å². The van der Waals surface area contributed by atoms with Gasteiger partial charge in [0.25, 0.3) is 5.91 Å². The molecular weight excluding hydrogens is 373 g/mol. The molecule has 0 unspecified atom stereocenters. The maximum atomic E-state index is 13.2. The number of hydrogen-bond acceptors (Lipinski definition) is 4. The summed E-state index contributed by atoms with van der Waals surface area (Å²) in [5.74, 6) is -0.472. The van der Waals surface area contributed by atoms with Crippen molar-refractivity contribution >= 4 is 5.91 Å². The van der Waals surface area contributed by atoms with Crippen molar-refractivity contribution in [3.8, 4) is 5.75 Å². The Hall–Kier alpha value is -1.80. The van der Waals surface area contributed by atoms with Gasteiger partial charge in [0.2, 0.25) is 0 Å². The summed E-state index contributed by atoms with van der Waals surface area (Å²) in [5.41, 5.74) is -0.323. The van der Waals surface area contributed by atoms with Crippen molar-refractivity contribution in [2.75, 3.05) is 33.4 Å². The Labute approximate surface area is 164 Å². The van der Waals surface area contributed by atoms with Crippen LogP contribution in [0.1, 0.15) is 49.1 Å². The second-order valence-corrected chi connectivity index (χ2v) is 7.32. The first-order chi connectivity index (χ1) is 13.3. The predicted octanol–water partition coefficient (Wildman–Crippen LogP) is 3.51. The molecule has 2 atom stereocenters. The van der Waals surface area contributed by atoms with Gasteiger partial charge in [0.15, 0.2) is 0 Å². The van der Waals surface area contributed by atoms with Gasteiger partial charge in [-0.1, -0.05) is 6.92 Å². The van der Waals surface area contributed by atoms with Gasteiger partial charge in [0.1, 0.15) is 5.75 Å². The fourth-order valence-electron chi connectivity index (χ4n) is 4.15. The molecule has 0 spiro atoms. The molecule has 2 heterocycles. The number of carbonyl (C=O) groups is 1. The lowest BCUT2D eigenvalue weighted by atomic mass is 9.97. The summed E-state index contributed by atoms with van der Waals surface area (Å²) >= 11 is 0. The van der Waals surface area contributed by atoms with Crippen molar-refractivity contribution < 1.29 is 28.9 Å². The molecule has 2 saturated heterocycles. The molecule has 5 nitrogen and oxygen atoms in total. The van der Waals surface area contributed by atoms with E-state index in [1.54, 1.807) is 6.92 Å². The number of likely N-dealkylation sites (tertiary alicyclic amines) is 1. The van der Waals surface area contributed by atoms with Crippen LogP contribution in [0.15, 0.2) is 12.1 Å². The van der Waals surface area contributed by atoms with E-state index < -0.39 is 17.6 Å². The fourth-order valence-corrected chi connectivity index (χ4v) is 4.15. The number of nitrogens with one attached hydrogen (secondary N) is 1. The van der Waals surface area contributed by atoms with Crippen LogP contribution in [0, 0.1) is 0 Å². The van der Waals surface area contributed by atoms with Gasteiger partial charge in [-0.25, -0.2) is 0 Å². The van der Waals surface area contributed by atoms with E-state index in [1.165, 1.54) is 7.11 Å². The summed E-state index contributed by atoms with van der Waals surface area (Å²) in [5, 5.41) is 3.00.